The maximum Gasteiger partial charge on any atom is 0.251 e. The summed E-state index contributed by atoms with van der Waals surface area (Å²) in [6, 6.07) is 15.6. The van der Waals surface area contributed by atoms with Crippen molar-refractivity contribution in [2.24, 2.45) is 0 Å². The molecule has 0 radical (unpaired) electrons. The minimum absolute atomic E-state index is 0.0942. The molecule has 0 unspecified atom stereocenters. The van der Waals surface area contributed by atoms with Crippen molar-refractivity contribution in [2.45, 2.75) is 32.7 Å². The molecule has 0 aliphatic heterocycles. The SMILES string of the molecule is CCCc1nc2ccc(C(=O)NCCCn3ccnc3)cc2nc1-c1ccccc1. The van der Waals surface area contributed by atoms with Crippen LogP contribution in [0.4, 0.5) is 0 Å². The molecule has 6 heteroatoms. The van der Waals surface area contributed by atoms with Crippen molar-refractivity contribution in [3.8, 4) is 11.3 Å². The second-order valence-electron chi connectivity index (χ2n) is 7.25. The molecular formula is C24H25N5O. The maximum atomic E-state index is 12.6. The van der Waals surface area contributed by atoms with Gasteiger partial charge in [0.15, 0.2) is 0 Å². The number of carbonyl (C=O) groups is 1. The average Bonchev–Trinajstić information content (AvgIpc) is 3.30. The van der Waals surface area contributed by atoms with E-state index in [4.69, 9.17) is 9.97 Å². The topological polar surface area (TPSA) is 72.7 Å². The van der Waals surface area contributed by atoms with E-state index in [2.05, 4.69) is 17.2 Å². The first-order chi connectivity index (χ1) is 14.7. The zero-order chi connectivity index (χ0) is 20.8. The fourth-order valence-corrected chi connectivity index (χ4v) is 3.46. The molecule has 0 atom stereocenters. The Morgan fingerprint density at radius 1 is 1.07 bits per heavy atom. The van der Waals surface area contributed by atoms with Gasteiger partial charge in [-0.25, -0.2) is 15.0 Å². The van der Waals surface area contributed by atoms with Gasteiger partial charge in [-0.3, -0.25) is 4.79 Å². The minimum Gasteiger partial charge on any atom is -0.352 e. The number of amides is 1. The van der Waals surface area contributed by atoms with Gasteiger partial charge in [0.2, 0.25) is 0 Å². The van der Waals surface area contributed by atoms with Gasteiger partial charge in [-0.05, 0) is 31.0 Å². The predicted octanol–water partition coefficient (Wildman–Crippen LogP) is 4.27. The predicted molar refractivity (Wildman–Crippen MR) is 118 cm³/mol. The third-order valence-electron chi connectivity index (χ3n) is 4.97. The number of aryl methyl sites for hydroxylation is 2. The molecule has 0 bridgehead atoms. The minimum atomic E-state index is -0.0942. The standard InChI is InChI=1S/C24H25N5O/c1-2-7-21-23(18-8-4-3-5-9-18)28-22-16-19(10-11-20(22)27-21)24(30)26-12-6-14-29-15-13-25-17-29/h3-5,8-11,13,15-17H,2,6-7,12,14H2,1H3,(H,26,30). The van der Waals surface area contributed by atoms with Crippen LogP contribution in [0.3, 0.4) is 0 Å². The number of rotatable bonds is 8. The van der Waals surface area contributed by atoms with Crippen LogP contribution >= 0.6 is 0 Å². The molecular weight excluding hydrogens is 374 g/mol. The van der Waals surface area contributed by atoms with Gasteiger partial charge in [0.05, 0.1) is 28.7 Å². The Labute approximate surface area is 176 Å². The van der Waals surface area contributed by atoms with Crippen LogP contribution in [-0.2, 0) is 13.0 Å². The number of aromatic nitrogens is 4. The van der Waals surface area contributed by atoms with Gasteiger partial charge in [-0.15, -0.1) is 0 Å². The number of hydrogen-bond donors (Lipinski definition) is 1. The van der Waals surface area contributed by atoms with E-state index < -0.39 is 0 Å². The van der Waals surface area contributed by atoms with Crippen molar-refractivity contribution < 1.29 is 4.79 Å². The molecule has 1 amide bonds. The first-order valence-electron chi connectivity index (χ1n) is 10.3. The zero-order valence-corrected chi connectivity index (χ0v) is 17.1. The molecule has 0 saturated heterocycles. The van der Waals surface area contributed by atoms with Gasteiger partial charge < -0.3 is 9.88 Å². The van der Waals surface area contributed by atoms with E-state index in [0.29, 0.717) is 12.1 Å². The fraction of sp³-hybridized carbons (Fsp3) is 0.250. The molecule has 4 aromatic rings. The molecule has 2 aromatic carbocycles. The van der Waals surface area contributed by atoms with Crippen LogP contribution in [0.15, 0.2) is 67.3 Å². The van der Waals surface area contributed by atoms with E-state index in [9.17, 15) is 4.79 Å². The van der Waals surface area contributed by atoms with Crippen LogP contribution in [0.25, 0.3) is 22.3 Å². The molecule has 2 aromatic heterocycles. The third kappa shape index (κ3) is 4.54. The smallest absolute Gasteiger partial charge is 0.251 e. The lowest BCUT2D eigenvalue weighted by Gasteiger charge is -2.11. The van der Waals surface area contributed by atoms with Crippen LogP contribution in [0.5, 0.6) is 0 Å². The Morgan fingerprint density at radius 3 is 2.70 bits per heavy atom. The number of carbonyl (C=O) groups excluding carboxylic acids is 1. The Hall–Kier alpha value is -3.54. The van der Waals surface area contributed by atoms with Gasteiger partial charge in [0.25, 0.3) is 5.91 Å². The summed E-state index contributed by atoms with van der Waals surface area (Å²) in [6.07, 6.45) is 8.16. The monoisotopic (exact) mass is 399 g/mol. The normalized spacial score (nSPS) is 11.0. The van der Waals surface area contributed by atoms with Crippen molar-refractivity contribution in [3.63, 3.8) is 0 Å². The van der Waals surface area contributed by atoms with Crippen LogP contribution in [0.2, 0.25) is 0 Å². The molecule has 6 nitrogen and oxygen atoms in total. The lowest BCUT2D eigenvalue weighted by Crippen LogP contribution is -2.25. The van der Waals surface area contributed by atoms with Gasteiger partial charge in [-0.1, -0.05) is 43.7 Å². The number of fused-ring (bicyclic) bond motifs is 1. The summed E-state index contributed by atoms with van der Waals surface area (Å²) in [4.78, 5) is 26.3. The highest BCUT2D eigenvalue weighted by atomic mass is 16.1. The quantitative estimate of drug-likeness (QED) is 0.449. The Bertz CT molecular complexity index is 1120. The van der Waals surface area contributed by atoms with Crippen LogP contribution < -0.4 is 5.32 Å². The fourth-order valence-electron chi connectivity index (χ4n) is 3.46. The van der Waals surface area contributed by atoms with Crippen molar-refractivity contribution >= 4 is 16.9 Å². The second-order valence-corrected chi connectivity index (χ2v) is 7.25. The van der Waals surface area contributed by atoms with Crippen molar-refractivity contribution in [2.75, 3.05) is 6.54 Å². The van der Waals surface area contributed by atoms with E-state index in [1.165, 1.54) is 0 Å². The largest absolute Gasteiger partial charge is 0.352 e. The molecule has 0 aliphatic carbocycles. The highest BCUT2D eigenvalue weighted by Crippen LogP contribution is 2.24. The number of benzene rings is 2. The summed E-state index contributed by atoms with van der Waals surface area (Å²) in [6.45, 7) is 3.57. The van der Waals surface area contributed by atoms with E-state index in [1.807, 2.05) is 59.3 Å². The van der Waals surface area contributed by atoms with Gasteiger partial charge in [0, 0.05) is 36.6 Å². The van der Waals surface area contributed by atoms with Crippen molar-refractivity contribution in [3.05, 3.63) is 78.5 Å². The number of nitrogens with zero attached hydrogens (tertiary/aromatic N) is 4. The summed E-state index contributed by atoms with van der Waals surface area (Å²) in [5.41, 5.74) is 5.08. The molecule has 0 aliphatic rings. The summed E-state index contributed by atoms with van der Waals surface area (Å²) < 4.78 is 2.00. The molecule has 0 saturated carbocycles. The first kappa shape index (κ1) is 19.8. The highest BCUT2D eigenvalue weighted by molar-refractivity contribution is 5.97. The number of hydrogen-bond acceptors (Lipinski definition) is 4. The Balaban J connectivity index is 1.53. The van der Waals surface area contributed by atoms with Gasteiger partial charge >= 0.3 is 0 Å². The van der Waals surface area contributed by atoms with Crippen LogP contribution in [0.1, 0.15) is 35.8 Å². The molecule has 4 rings (SSSR count). The maximum absolute atomic E-state index is 12.6. The van der Waals surface area contributed by atoms with Gasteiger partial charge in [-0.2, -0.15) is 0 Å². The molecule has 1 N–H and O–H groups in total. The van der Waals surface area contributed by atoms with E-state index in [1.54, 1.807) is 12.5 Å². The summed E-state index contributed by atoms with van der Waals surface area (Å²) in [5, 5.41) is 2.98. The second kappa shape index (κ2) is 9.31. The summed E-state index contributed by atoms with van der Waals surface area (Å²) >= 11 is 0. The Morgan fingerprint density at radius 2 is 1.93 bits per heavy atom. The molecule has 0 fully saturated rings. The van der Waals surface area contributed by atoms with E-state index in [-0.39, 0.29) is 5.91 Å². The lowest BCUT2D eigenvalue weighted by molar-refractivity contribution is 0.0953. The van der Waals surface area contributed by atoms with Crippen molar-refractivity contribution in [1.82, 2.24) is 24.8 Å². The zero-order valence-electron chi connectivity index (χ0n) is 17.1. The number of imidazole rings is 1. The van der Waals surface area contributed by atoms with Crippen molar-refractivity contribution in [1.29, 1.82) is 0 Å². The van der Waals surface area contributed by atoms with Crippen LogP contribution in [0, 0.1) is 0 Å². The van der Waals surface area contributed by atoms with E-state index >= 15 is 0 Å². The average molecular weight is 399 g/mol. The van der Waals surface area contributed by atoms with Crippen LogP contribution in [-0.4, -0.2) is 32.0 Å². The molecule has 2 heterocycles. The summed E-state index contributed by atoms with van der Waals surface area (Å²) in [7, 11) is 0. The lowest BCUT2D eigenvalue weighted by atomic mass is 10.1. The highest BCUT2D eigenvalue weighted by Gasteiger charge is 2.13. The third-order valence-corrected chi connectivity index (χ3v) is 4.97. The van der Waals surface area contributed by atoms with E-state index in [0.717, 1.165) is 53.8 Å². The summed E-state index contributed by atoms with van der Waals surface area (Å²) in [5.74, 6) is -0.0942. The Kier molecular flexibility index (Phi) is 6.13. The molecule has 152 valence electrons. The van der Waals surface area contributed by atoms with Gasteiger partial charge in [0.1, 0.15) is 0 Å². The molecule has 30 heavy (non-hydrogen) atoms. The first-order valence-corrected chi connectivity index (χ1v) is 10.3. The number of nitrogens with one attached hydrogen (secondary N) is 1. The molecule has 0 spiro atoms.